The van der Waals surface area contributed by atoms with Gasteiger partial charge in [-0.05, 0) is 49.7 Å². The lowest BCUT2D eigenvalue weighted by Gasteiger charge is -2.15. The second-order valence-electron chi connectivity index (χ2n) is 5.72. The predicted molar refractivity (Wildman–Crippen MR) is 97.3 cm³/mol. The van der Waals surface area contributed by atoms with Crippen LogP contribution in [0, 0.1) is 0 Å². The number of rotatable bonds is 10. The van der Waals surface area contributed by atoms with Gasteiger partial charge < -0.3 is 19.5 Å². The molecule has 2 aromatic carbocycles. The van der Waals surface area contributed by atoms with E-state index in [0.717, 1.165) is 17.2 Å². The van der Waals surface area contributed by atoms with E-state index >= 15 is 0 Å². The summed E-state index contributed by atoms with van der Waals surface area (Å²) >= 11 is 0. The highest BCUT2D eigenvalue weighted by molar-refractivity contribution is 5.76. The highest BCUT2D eigenvalue weighted by atomic mass is 16.5. The predicted octanol–water partition coefficient (Wildman–Crippen LogP) is 3.44. The van der Waals surface area contributed by atoms with Crippen molar-refractivity contribution >= 4 is 5.91 Å². The van der Waals surface area contributed by atoms with E-state index < -0.39 is 0 Å². The Kier molecular flexibility index (Phi) is 7.63. The Morgan fingerprint density at radius 1 is 0.960 bits per heavy atom. The number of nitrogens with one attached hydrogen (secondary N) is 1. The van der Waals surface area contributed by atoms with Gasteiger partial charge in [0.2, 0.25) is 5.91 Å². The minimum Gasteiger partial charge on any atom is -0.497 e. The van der Waals surface area contributed by atoms with Crippen molar-refractivity contribution in [3.8, 4) is 17.2 Å². The number of ether oxygens (including phenoxy) is 3. The quantitative estimate of drug-likeness (QED) is 0.672. The first-order valence-electron chi connectivity index (χ1n) is 8.41. The molecule has 0 saturated carbocycles. The molecule has 1 N–H and O–H groups in total. The van der Waals surface area contributed by atoms with Gasteiger partial charge in [0.25, 0.3) is 0 Å². The van der Waals surface area contributed by atoms with Gasteiger partial charge in [-0.15, -0.1) is 0 Å². The summed E-state index contributed by atoms with van der Waals surface area (Å²) in [6.07, 6.45) is 1.10. The van der Waals surface area contributed by atoms with E-state index in [-0.39, 0.29) is 11.9 Å². The Balaban J connectivity index is 1.59. The van der Waals surface area contributed by atoms with Crippen LogP contribution in [-0.4, -0.2) is 32.3 Å². The molecule has 2 rings (SSSR count). The highest BCUT2D eigenvalue weighted by Crippen LogP contribution is 2.17. The Morgan fingerprint density at radius 3 is 2.28 bits per heavy atom. The average molecular weight is 343 g/mol. The molecule has 0 saturated heterocycles. The van der Waals surface area contributed by atoms with Gasteiger partial charge in [0.15, 0.2) is 0 Å². The van der Waals surface area contributed by atoms with Gasteiger partial charge in [-0.1, -0.05) is 18.2 Å². The fraction of sp³-hybridized carbons (Fsp3) is 0.350. The molecule has 0 radical (unpaired) electrons. The third kappa shape index (κ3) is 7.16. The molecule has 1 amide bonds. The van der Waals surface area contributed by atoms with Crippen molar-refractivity contribution < 1.29 is 19.0 Å². The SMILES string of the molecule is COc1ccc(OC[C@@H](C)NC(=O)CCCOc2ccccc2)cc1. The van der Waals surface area contributed by atoms with Crippen molar-refractivity contribution in [2.24, 2.45) is 0 Å². The summed E-state index contributed by atoms with van der Waals surface area (Å²) in [5.74, 6) is 2.36. The topological polar surface area (TPSA) is 56.8 Å². The maximum absolute atomic E-state index is 11.9. The fourth-order valence-corrected chi connectivity index (χ4v) is 2.22. The molecule has 1 atom stereocenters. The minimum absolute atomic E-state index is 0.00231. The van der Waals surface area contributed by atoms with Gasteiger partial charge in [-0.3, -0.25) is 4.79 Å². The monoisotopic (exact) mass is 343 g/mol. The second-order valence-corrected chi connectivity index (χ2v) is 5.72. The zero-order valence-electron chi connectivity index (χ0n) is 14.7. The number of hydrogen-bond acceptors (Lipinski definition) is 4. The van der Waals surface area contributed by atoms with E-state index in [1.165, 1.54) is 0 Å². The molecule has 5 nitrogen and oxygen atoms in total. The number of carbonyl (C=O) groups excluding carboxylic acids is 1. The minimum atomic E-state index is -0.0651. The summed E-state index contributed by atoms with van der Waals surface area (Å²) in [7, 11) is 1.62. The Hall–Kier alpha value is -2.69. The maximum Gasteiger partial charge on any atom is 0.220 e. The van der Waals surface area contributed by atoms with Crippen LogP contribution in [-0.2, 0) is 4.79 Å². The lowest BCUT2D eigenvalue weighted by molar-refractivity contribution is -0.122. The van der Waals surface area contributed by atoms with Crippen molar-refractivity contribution in [2.75, 3.05) is 20.3 Å². The van der Waals surface area contributed by atoms with Gasteiger partial charge in [0.1, 0.15) is 23.9 Å². The van der Waals surface area contributed by atoms with Crippen LogP contribution in [0.15, 0.2) is 54.6 Å². The fourth-order valence-electron chi connectivity index (χ4n) is 2.22. The Bertz CT molecular complexity index is 628. The van der Waals surface area contributed by atoms with Crippen molar-refractivity contribution in [2.45, 2.75) is 25.8 Å². The number of methoxy groups -OCH3 is 1. The van der Waals surface area contributed by atoms with Gasteiger partial charge in [0.05, 0.1) is 19.8 Å². The lowest BCUT2D eigenvalue weighted by atomic mass is 10.2. The maximum atomic E-state index is 11.9. The van der Waals surface area contributed by atoms with Gasteiger partial charge >= 0.3 is 0 Å². The Morgan fingerprint density at radius 2 is 1.60 bits per heavy atom. The van der Waals surface area contributed by atoms with Crippen molar-refractivity contribution in [3.63, 3.8) is 0 Å². The molecule has 134 valence electrons. The van der Waals surface area contributed by atoms with E-state index in [1.807, 2.05) is 61.5 Å². The van der Waals surface area contributed by atoms with Crippen LogP contribution in [0.3, 0.4) is 0 Å². The van der Waals surface area contributed by atoms with Crippen molar-refractivity contribution in [1.82, 2.24) is 5.32 Å². The van der Waals surface area contributed by atoms with E-state index in [1.54, 1.807) is 7.11 Å². The summed E-state index contributed by atoms with van der Waals surface area (Å²) in [5, 5.41) is 2.93. The van der Waals surface area contributed by atoms with Gasteiger partial charge in [-0.2, -0.15) is 0 Å². The molecule has 0 aromatic heterocycles. The van der Waals surface area contributed by atoms with Gasteiger partial charge in [0, 0.05) is 6.42 Å². The lowest BCUT2D eigenvalue weighted by Crippen LogP contribution is -2.36. The third-order valence-corrected chi connectivity index (χ3v) is 3.53. The van der Waals surface area contributed by atoms with E-state index in [0.29, 0.717) is 26.1 Å². The zero-order chi connectivity index (χ0) is 17.9. The van der Waals surface area contributed by atoms with Crippen LogP contribution in [0.5, 0.6) is 17.2 Å². The van der Waals surface area contributed by atoms with Crippen LogP contribution in [0.25, 0.3) is 0 Å². The number of para-hydroxylation sites is 1. The standard InChI is InChI=1S/C20H25NO4/c1-16(15-25-19-12-10-17(23-2)11-13-19)21-20(22)9-6-14-24-18-7-4-3-5-8-18/h3-5,7-8,10-13,16H,6,9,14-15H2,1-2H3,(H,21,22)/t16-/m1/s1. The summed E-state index contributed by atoms with van der Waals surface area (Å²) in [5.41, 5.74) is 0. The first-order chi connectivity index (χ1) is 12.2. The van der Waals surface area contributed by atoms with Crippen LogP contribution < -0.4 is 19.5 Å². The molecule has 0 aliphatic rings. The van der Waals surface area contributed by atoms with Crippen LogP contribution >= 0.6 is 0 Å². The molecule has 2 aromatic rings. The smallest absolute Gasteiger partial charge is 0.220 e. The van der Waals surface area contributed by atoms with Crippen molar-refractivity contribution in [3.05, 3.63) is 54.6 Å². The Labute approximate surface area is 148 Å². The number of amides is 1. The molecule has 0 fully saturated rings. The van der Waals surface area contributed by atoms with E-state index in [4.69, 9.17) is 14.2 Å². The van der Waals surface area contributed by atoms with Gasteiger partial charge in [-0.25, -0.2) is 0 Å². The number of benzene rings is 2. The summed E-state index contributed by atoms with van der Waals surface area (Å²) in [6, 6.07) is 16.9. The first-order valence-corrected chi connectivity index (χ1v) is 8.41. The zero-order valence-corrected chi connectivity index (χ0v) is 14.7. The highest BCUT2D eigenvalue weighted by Gasteiger charge is 2.08. The summed E-state index contributed by atoms with van der Waals surface area (Å²) in [6.45, 7) is 2.86. The van der Waals surface area contributed by atoms with Crippen LogP contribution in [0.2, 0.25) is 0 Å². The van der Waals surface area contributed by atoms with E-state index in [9.17, 15) is 4.79 Å². The number of carbonyl (C=O) groups is 1. The molecule has 0 aliphatic heterocycles. The molecule has 0 aliphatic carbocycles. The third-order valence-electron chi connectivity index (χ3n) is 3.53. The first kappa shape index (κ1) is 18.6. The van der Waals surface area contributed by atoms with Crippen LogP contribution in [0.4, 0.5) is 0 Å². The molecular weight excluding hydrogens is 318 g/mol. The normalized spacial score (nSPS) is 11.4. The molecule has 25 heavy (non-hydrogen) atoms. The van der Waals surface area contributed by atoms with Crippen LogP contribution in [0.1, 0.15) is 19.8 Å². The second kappa shape index (κ2) is 10.2. The number of hydrogen-bond donors (Lipinski definition) is 1. The molecule has 5 heteroatoms. The molecular formula is C20H25NO4. The molecule has 0 bridgehead atoms. The van der Waals surface area contributed by atoms with Crippen molar-refractivity contribution in [1.29, 1.82) is 0 Å². The molecule has 0 heterocycles. The summed E-state index contributed by atoms with van der Waals surface area (Å²) < 4.78 is 16.3. The molecule has 0 spiro atoms. The molecule has 0 unspecified atom stereocenters. The largest absolute Gasteiger partial charge is 0.497 e. The summed E-state index contributed by atoms with van der Waals surface area (Å²) in [4.78, 5) is 11.9. The van der Waals surface area contributed by atoms with E-state index in [2.05, 4.69) is 5.32 Å². The average Bonchev–Trinajstić information content (AvgIpc) is 2.65.